The first-order valence-corrected chi connectivity index (χ1v) is 5.92. The van der Waals surface area contributed by atoms with E-state index in [1.54, 1.807) is 0 Å². The van der Waals surface area contributed by atoms with Gasteiger partial charge in [0.25, 0.3) is 0 Å². The van der Waals surface area contributed by atoms with Crippen LogP contribution in [-0.2, 0) is 0 Å². The number of aromatic carboxylic acids is 1. The Balaban J connectivity index is 2.49. The fourth-order valence-electron chi connectivity index (χ4n) is 2.27. The third-order valence-corrected chi connectivity index (χ3v) is 3.42. The molecule has 0 bridgehead atoms. The Kier molecular flexibility index (Phi) is 2.79. The summed E-state index contributed by atoms with van der Waals surface area (Å²) in [6, 6.07) is -0.472. The number of pyridine rings is 1. The highest BCUT2D eigenvalue weighted by Crippen LogP contribution is 2.41. The van der Waals surface area contributed by atoms with Crippen molar-refractivity contribution in [1.82, 2.24) is 4.57 Å². The number of benzene rings is 1. The Morgan fingerprint density at radius 1 is 1.29 bits per heavy atom. The SMILES string of the molecule is O=C(O)c1cn([C@H]2C[C@H]2F)c2c(F)c(F)c(F)cc2c1=O. The minimum Gasteiger partial charge on any atom is -0.477 e. The highest BCUT2D eigenvalue weighted by atomic mass is 19.2. The van der Waals surface area contributed by atoms with Crippen molar-refractivity contribution in [3.05, 3.63) is 45.5 Å². The van der Waals surface area contributed by atoms with Crippen molar-refractivity contribution in [3.8, 4) is 0 Å². The van der Waals surface area contributed by atoms with Gasteiger partial charge in [-0.1, -0.05) is 0 Å². The summed E-state index contributed by atoms with van der Waals surface area (Å²) >= 11 is 0. The molecule has 0 unspecified atom stereocenters. The van der Waals surface area contributed by atoms with Crippen molar-refractivity contribution in [1.29, 1.82) is 0 Å². The van der Waals surface area contributed by atoms with Crippen LogP contribution in [0.2, 0.25) is 0 Å². The number of halogens is 4. The normalized spacial score (nSPS) is 20.8. The second kappa shape index (κ2) is 4.31. The van der Waals surface area contributed by atoms with E-state index in [1.807, 2.05) is 0 Å². The van der Waals surface area contributed by atoms with Crippen LogP contribution in [-0.4, -0.2) is 21.8 Å². The van der Waals surface area contributed by atoms with Crippen molar-refractivity contribution in [2.45, 2.75) is 18.6 Å². The molecule has 4 nitrogen and oxygen atoms in total. The maximum absolute atomic E-state index is 13.9. The van der Waals surface area contributed by atoms with E-state index in [2.05, 4.69) is 0 Å². The number of nitrogens with zero attached hydrogens (tertiary/aromatic N) is 1. The number of carboxylic acids is 1. The molecule has 1 saturated carbocycles. The summed E-state index contributed by atoms with van der Waals surface area (Å²) in [5, 5.41) is 8.31. The van der Waals surface area contributed by atoms with Gasteiger partial charge >= 0.3 is 5.97 Å². The number of hydrogen-bond acceptors (Lipinski definition) is 2. The highest BCUT2D eigenvalue weighted by Gasteiger charge is 2.41. The van der Waals surface area contributed by atoms with E-state index in [0.717, 1.165) is 10.8 Å². The Morgan fingerprint density at radius 2 is 1.90 bits per heavy atom. The molecule has 2 aromatic rings. The lowest BCUT2D eigenvalue weighted by Gasteiger charge is -2.12. The van der Waals surface area contributed by atoms with Crippen LogP contribution < -0.4 is 5.43 Å². The van der Waals surface area contributed by atoms with Crippen molar-refractivity contribution in [3.63, 3.8) is 0 Å². The second-order valence-corrected chi connectivity index (χ2v) is 4.79. The number of carbonyl (C=O) groups is 1. The van der Waals surface area contributed by atoms with Gasteiger partial charge in [0.15, 0.2) is 17.5 Å². The minimum atomic E-state index is -1.80. The van der Waals surface area contributed by atoms with Crippen LogP contribution in [0.5, 0.6) is 0 Å². The Morgan fingerprint density at radius 3 is 2.43 bits per heavy atom. The number of aromatic nitrogens is 1. The zero-order valence-electron chi connectivity index (χ0n) is 10.2. The van der Waals surface area contributed by atoms with E-state index in [-0.39, 0.29) is 6.42 Å². The van der Waals surface area contributed by atoms with E-state index in [9.17, 15) is 27.2 Å². The molecule has 1 aliphatic carbocycles. The maximum Gasteiger partial charge on any atom is 0.341 e. The average Bonchev–Trinajstić information content (AvgIpc) is 3.14. The largest absolute Gasteiger partial charge is 0.477 e. The molecule has 1 fully saturated rings. The lowest BCUT2D eigenvalue weighted by molar-refractivity contribution is 0.0694. The Bertz CT molecular complexity index is 846. The molecule has 0 amide bonds. The summed E-state index contributed by atoms with van der Waals surface area (Å²) in [6.07, 6.45) is -0.613. The zero-order valence-corrected chi connectivity index (χ0v) is 10.2. The first-order valence-electron chi connectivity index (χ1n) is 5.92. The van der Waals surface area contributed by atoms with Crippen LogP contribution in [0.4, 0.5) is 17.6 Å². The number of hydrogen-bond donors (Lipinski definition) is 1. The van der Waals surface area contributed by atoms with Gasteiger partial charge in [-0.05, 0) is 6.07 Å². The fraction of sp³-hybridized carbons (Fsp3) is 0.231. The lowest BCUT2D eigenvalue weighted by atomic mass is 10.1. The Hall–Kier alpha value is -2.38. The van der Waals surface area contributed by atoms with E-state index in [4.69, 9.17) is 5.11 Å². The van der Waals surface area contributed by atoms with Crippen molar-refractivity contribution in [2.75, 3.05) is 0 Å². The van der Waals surface area contributed by atoms with Crippen LogP contribution in [0.15, 0.2) is 17.1 Å². The molecule has 1 heterocycles. The lowest BCUT2D eigenvalue weighted by Crippen LogP contribution is -2.20. The third kappa shape index (κ3) is 1.90. The Labute approximate surface area is 114 Å². The number of fused-ring (bicyclic) bond motifs is 1. The predicted octanol–water partition coefficient (Wildman–Crippen LogP) is 2.40. The molecule has 1 aliphatic rings. The van der Waals surface area contributed by atoms with Gasteiger partial charge in [0, 0.05) is 12.6 Å². The van der Waals surface area contributed by atoms with Gasteiger partial charge in [-0.2, -0.15) is 0 Å². The molecule has 3 rings (SSSR count). The molecule has 1 aromatic carbocycles. The quantitative estimate of drug-likeness (QED) is 0.684. The number of carboxylic acid groups (broad SMARTS) is 1. The van der Waals surface area contributed by atoms with Crippen LogP contribution >= 0.6 is 0 Å². The summed E-state index contributed by atoms with van der Waals surface area (Å²) < 4.78 is 54.6. The van der Waals surface area contributed by atoms with Crippen LogP contribution in [0.1, 0.15) is 22.8 Å². The molecule has 110 valence electrons. The first kappa shape index (κ1) is 13.6. The van der Waals surface area contributed by atoms with E-state index in [1.165, 1.54) is 0 Å². The van der Waals surface area contributed by atoms with E-state index >= 15 is 0 Å². The van der Waals surface area contributed by atoms with Crippen molar-refractivity contribution >= 4 is 16.9 Å². The number of rotatable bonds is 2. The van der Waals surface area contributed by atoms with Gasteiger partial charge < -0.3 is 9.67 Å². The average molecular weight is 301 g/mol. The number of alkyl halides is 1. The molecular weight excluding hydrogens is 294 g/mol. The van der Waals surface area contributed by atoms with Gasteiger partial charge in [-0.15, -0.1) is 0 Å². The smallest absolute Gasteiger partial charge is 0.341 e. The molecule has 2 atom stereocenters. The highest BCUT2D eigenvalue weighted by molar-refractivity contribution is 5.92. The molecule has 1 aromatic heterocycles. The monoisotopic (exact) mass is 301 g/mol. The molecule has 8 heteroatoms. The predicted molar refractivity (Wildman–Crippen MR) is 63.6 cm³/mol. The molecule has 0 saturated heterocycles. The topological polar surface area (TPSA) is 59.3 Å². The summed E-state index contributed by atoms with van der Waals surface area (Å²) in [6.45, 7) is 0. The van der Waals surface area contributed by atoms with Crippen molar-refractivity contribution in [2.24, 2.45) is 0 Å². The van der Waals surface area contributed by atoms with Gasteiger partial charge in [-0.25, -0.2) is 22.4 Å². The van der Waals surface area contributed by atoms with Crippen molar-refractivity contribution < 1.29 is 27.5 Å². The van der Waals surface area contributed by atoms with Gasteiger partial charge in [-0.3, -0.25) is 4.79 Å². The van der Waals surface area contributed by atoms with Crippen LogP contribution in [0.25, 0.3) is 10.9 Å². The molecular formula is C13H7F4NO3. The van der Waals surface area contributed by atoms with Crippen LogP contribution in [0, 0.1) is 17.5 Å². The first-order chi connectivity index (χ1) is 9.82. The summed E-state index contributed by atoms with van der Waals surface area (Å²) in [5.41, 5.74) is -2.54. The molecule has 1 N–H and O–H groups in total. The van der Waals surface area contributed by atoms with Gasteiger partial charge in [0.2, 0.25) is 5.43 Å². The second-order valence-electron chi connectivity index (χ2n) is 4.79. The molecule has 0 spiro atoms. The van der Waals surface area contributed by atoms with Crippen LogP contribution in [0.3, 0.4) is 0 Å². The molecule has 0 radical (unpaired) electrons. The fourth-order valence-corrected chi connectivity index (χ4v) is 2.27. The summed E-state index contributed by atoms with van der Waals surface area (Å²) in [5.74, 6) is -6.66. The zero-order chi connectivity index (χ0) is 15.5. The standard InChI is InChI=1S/C13H7F4NO3/c14-6-2-8(6)18-3-5(13(20)21)12(19)4-1-7(15)9(16)10(17)11(4)18/h1,3,6,8H,2H2,(H,20,21)/t6-,8+/m1/s1. The molecule has 21 heavy (non-hydrogen) atoms. The van der Waals surface area contributed by atoms with Gasteiger partial charge in [0.1, 0.15) is 11.7 Å². The van der Waals surface area contributed by atoms with E-state index in [0.29, 0.717) is 6.07 Å². The molecule has 0 aliphatic heterocycles. The van der Waals surface area contributed by atoms with Gasteiger partial charge in [0.05, 0.1) is 16.9 Å². The van der Waals surface area contributed by atoms with E-state index < -0.39 is 57.5 Å². The maximum atomic E-state index is 13.9. The summed E-state index contributed by atoms with van der Waals surface area (Å²) in [4.78, 5) is 22.9. The third-order valence-electron chi connectivity index (χ3n) is 3.42. The minimum absolute atomic E-state index is 0.0184. The summed E-state index contributed by atoms with van der Waals surface area (Å²) in [7, 11) is 0.